The van der Waals surface area contributed by atoms with Gasteiger partial charge in [-0.2, -0.15) is 13.2 Å². The predicted molar refractivity (Wildman–Crippen MR) is 143 cm³/mol. The van der Waals surface area contributed by atoms with Crippen LogP contribution in [0.1, 0.15) is 39.3 Å². The molecular weight excluding hydrogens is 493 g/mol. The highest BCUT2D eigenvalue weighted by atomic mass is 19.4. The third-order valence-corrected chi connectivity index (χ3v) is 7.10. The molecule has 1 fully saturated rings. The summed E-state index contributed by atoms with van der Waals surface area (Å²) in [5, 5.41) is 2.63. The number of nitrogens with two attached hydrogens (primary N) is 1. The quantitative estimate of drug-likeness (QED) is 0.465. The SMILES string of the molecule is C=C(N)c1ncc(-c2cc(C(=O)Nc3ccc(CN4CC[C@@H](N(C)C)C4)c(C(F)(F)F)c3)ccc2C)n1C. The van der Waals surface area contributed by atoms with Crippen LogP contribution in [0.4, 0.5) is 18.9 Å². The minimum atomic E-state index is -4.54. The average Bonchev–Trinajstić information content (AvgIpc) is 3.46. The number of hydrogen-bond donors (Lipinski definition) is 2. The molecule has 0 unspecified atom stereocenters. The molecule has 10 heteroatoms. The Morgan fingerprint density at radius 3 is 2.58 bits per heavy atom. The van der Waals surface area contributed by atoms with Gasteiger partial charge in [-0.1, -0.05) is 18.7 Å². The molecule has 1 aliphatic heterocycles. The minimum absolute atomic E-state index is 0.0861. The first kappa shape index (κ1) is 27.4. The minimum Gasteiger partial charge on any atom is -0.396 e. The van der Waals surface area contributed by atoms with Gasteiger partial charge in [0.1, 0.15) is 0 Å². The second-order valence-corrected chi connectivity index (χ2v) is 10.0. The molecule has 3 aromatic rings. The van der Waals surface area contributed by atoms with Crippen molar-refractivity contribution in [3.63, 3.8) is 0 Å². The van der Waals surface area contributed by atoms with Crippen LogP contribution in [0, 0.1) is 6.92 Å². The van der Waals surface area contributed by atoms with Crippen LogP contribution in [0.2, 0.25) is 0 Å². The van der Waals surface area contributed by atoms with Crippen LogP contribution in [-0.2, 0) is 19.8 Å². The number of hydrogen-bond acceptors (Lipinski definition) is 5. The van der Waals surface area contributed by atoms with Crippen molar-refractivity contribution >= 4 is 17.3 Å². The monoisotopic (exact) mass is 526 g/mol. The van der Waals surface area contributed by atoms with E-state index in [1.165, 1.54) is 12.1 Å². The molecule has 38 heavy (non-hydrogen) atoms. The van der Waals surface area contributed by atoms with Crippen LogP contribution in [0.15, 0.2) is 49.2 Å². The third kappa shape index (κ3) is 5.76. The van der Waals surface area contributed by atoms with Gasteiger partial charge in [-0.3, -0.25) is 9.69 Å². The Morgan fingerprint density at radius 2 is 1.97 bits per heavy atom. The Labute approximate surface area is 220 Å². The van der Waals surface area contributed by atoms with Gasteiger partial charge in [0.15, 0.2) is 5.82 Å². The molecule has 1 aliphatic rings. The molecule has 0 aliphatic carbocycles. The number of halogens is 3. The Bertz CT molecular complexity index is 1360. The molecule has 202 valence electrons. The van der Waals surface area contributed by atoms with Crippen molar-refractivity contribution in [2.45, 2.75) is 32.1 Å². The molecule has 0 radical (unpaired) electrons. The standard InChI is InChI=1S/C28H33F3N6O/c1-17-6-7-19(12-23(17)25-14-33-26(18(2)32)36(25)5)27(38)34-21-9-8-20(24(13-21)28(29,30)31)15-37-11-10-22(16-37)35(3)4/h6-9,12-14,22H,2,10-11,15-16,32H2,1,3-5H3,(H,34,38)/t22-/m1/s1. The van der Waals surface area contributed by atoms with E-state index >= 15 is 0 Å². The number of carbonyl (C=O) groups excluding carboxylic acids is 1. The van der Waals surface area contributed by atoms with Crippen LogP contribution in [0.3, 0.4) is 0 Å². The lowest BCUT2D eigenvalue weighted by Crippen LogP contribution is -2.31. The molecule has 4 rings (SSSR count). The fourth-order valence-corrected chi connectivity index (χ4v) is 4.87. The van der Waals surface area contributed by atoms with Crippen molar-refractivity contribution in [1.29, 1.82) is 0 Å². The van der Waals surface area contributed by atoms with E-state index in [1.807, 2.05) is 25.9 Å². The van der Waals surface area contributed by atoms with Gasteiger partial charge < -0.3 is 20.5 Å². The first-order chi connectivity index (χ1) is 17.8. The number of anilines is 1. The molecule has 0 spiro atoms. The second-order valence-electron chi connectivity index (χ2n) is 10.0. The number of likely N-dealkylation sites (N-methyl/N-ethyl adjacent to an activating group) is 1. The third-order valence-electron chi connectivity index (χ3n) is 7.10. The zero-order valence-electron chi connectivity index (χ0n) is 22.1. The molecular formula is C28H33F3N6O. The number of aromatic nitrogens is 2. The molecule has 1 amide bonds. The number of carbonyl (C=O) groups is 1. The molecule has 0 bridgehead atoms. The van der Waals surface area contributed by atoms with Crippen LogP contribution < -0.4 is 11.1 Å². The lowest BCUT2D eigenvalue weighted by atomic mass is 10.0. The van der Waals surface area contributed by atoms with Gasteiger partial charge in [-0.05, 0) is 62.8 Å². The normalized spacial score (nSPS) is 16.3. The topological polar surface area (TPSA) is 79.4 Å². The summed E-state index contributed by atoms with van der Waals surface area (Å²) in [5.74, 6) is 0.00584. The van der Waals surface area contributed by atoms with Crippen molar-refractivity contribution in [3.05, 3.63) is 77.3 Å². The Morgan fingerprint density at radius 1 is 1.24 bits per heavy atom. The summed E-state index contributed by atoms with van der Waals surface area (Å²) in [6, 6.07) is 9.45. The fraction of sp³-hybridized carbons (Fsp3) is 0.357. The molecule has 2 aromatic carbocycles. The smallest absolute Gasteiger partial charge is 0.396 e. The van der Waals surface area contributed by atoms with Crippen molar-refractivity contribution in [2.24, 2.45) is 12.8 Å². The highest BCUT2D eigenvalue weighted by Gasteiger charge is 2.35. The Hall–Kier alpha value is -3.63. The van der Waals surface area contributed by atoms with E-state index in [9.17, 15) is 18.0 Å². The van der Waals surface area contributed by atoms with Gasteiger partial charge in [0.25, 0.3) is 5.91 Å². The summed E-state index contributed by atoms with van der Waals surface area (Å²) in [6.45, 7) is 7.29. The maximum absolute atomic E-state index is 14.0. The van der Waals surface area contributed by atoms with Crippen molar-refractivity contribution in [1.82, 2.24) is 19.4 Å². The zero-order chi connectivity index (χ0) is 27.8. The van der Waals surface area contributed by atoms with Gasteiger partial charge in [-0.15, -0.1) is 0 Å². The number of alkyl halides is 3. The van der Waals surface area contributed by atoms with Gasteiger partial charge in [0.2, 0.25) is 0 Å². The van der Waals surface area contributed by atoms with Gasteiger partial charge in [0, 0.05) is 49.5 Å². The Kier molecular flexibility index (Phi) is 7.66. The number of imidazole rings is 1. The number of amides is 1. The van der Waals surface area contributed by atoms with Crippen molar-refractivity contribution in [2.75, 3.05) is 32.5 Å². The number of rotatable bonds is 7. The van der Waals surface area contributed by atoms with E-state index in [1.54, 1.807) is 36.0 Å². The van der Waals surface area contributed by atoms with E-state index in [4.69, 9.17) is 5.73 Å². The van der Waals surface area contributed by atoms with E-state index in [2.05, 4.69) is 21.8 Å². The first-order valence-electron chi connectivity index (χ1n) is 12.3. The van der Waals surface area contributed by atoms with E-state index in [0.29, 0.717) is 23.1 Å². The van der Waals surface area contributed by atoms with Crippen molar-refractivity contribution in [3.8, 4) is 11.3 Å². The Balaban J connectivity index is 1.57. The first-order valence-corrected chi connectivity index (χ1v) is 12.3. The number of nitrogens with one attached hydrogen (secondary N) is 1. The number of likely N-dealkylation sites (tertiary alicyclic amines) is 1. The molecule has 1 atom stereocenters. The maximum Gasteiger partial charge on any atom is 0.416 e. The van der Waals surface area contributed by atoms with Gasteiger partial charge in [-0.25, -0.2) is 4.98 Å². The summed E-state index contributed by atoms with van der Waals surface area (Å²) in [6.07, 6.45) is -1.98. The predicted octanol–water partition coefficient (Wildman–Crippen LogP) is 4.73. The molecule has 0 saturated carbocycles. The summed E-state index contributed by atoms with van der Waals surface area (Å²) < 4.78 is 43.7. The summed E-state index contributed by atoms with van der Waals surface area (Å²) in [5.41, 5.74) is 8.37. The maximum atomic E-state index is 14.0. The van der Waals surface area contributed by atoms with Crippen LogP contribution in [0.5, 0.6) is 0 Å². The van der Waals surface area contributed by atoms with Crippen LogP contribution >= 0.6 is 0 Å². The highest BCUT2D eigenvalue weighted by Crippen LogP contribution is 2.35. The number of benzene rings is 2. The van der Waals surface area contributed by atoms with E-state index < -0.39 is 17.6 Å². The van der Waals surface area contributed by atoms with Gasteiger partial charge in [0.05, 0.1) is 23.2 Å². The van der Waals surface area contributed by atoms with Gasteiger partial charge >= 0.3 is 6.18 Å². The highest BCUT2D eigenvalue weighted by molar-refractivity contribution is 6.05. The van der Waals surface area contributed by atoms with E-state index in [0.717, 1.165) is 42.4 Å². The molecule has 1 saturated heterocycles. The summed E-state index contributed by atoms with van der Waals surface area (Å²) in [4.78, 5) is 21.5. The van der Waals surface area contributed by atoms with E-state index in [-0.39, 0.29) is 17.8 Å². The summed E-state index contributed by atoms with van der Waals surface area (Å²) in [7, 11) is 5.76. The molecule has 2 heterocycles. The average molecular weight is 527 g/mol. The number of aryl methyl sites for hydroxylation is 1. The van der Waals surface area contributed by atoms with Crippen LogP contribution in [0.25, 0.3) is 17.0 Å². The fourth-order valence-electron chi connectivity index (χ4n) is 4.87. The molecule has 3 N–H and O–H groups in total. The molecule has 1 aromatic heterocycles. The molecule has 7 nitrogen and oxygen atoms in total. The lowest BCUT2D eigenvalue weighted by molar-refractivity contribution is -0.138. The summed E-state index contributed by atoms with van der Waals surface area (Å²) >= 11 is 0. The van der Waals surface area contributed by atoms with Crippen LogP contribution in [-0.4, -0.2) is 58.5 Å². The lowest BCUT2D eigenvalue weighted by Gasteiger charge is -2.22. The second kappa shape index (κ2) is 10.6. The zero-order valence-corrected chi connectivity index (χ0v) is 22.1. The largest absolute Gasteiger partial charge is 0.416 e. The number of nitrogens with zero attached hydrogens (tertiary/aromatic N) is 4. The van der Waals surface area contributed by atoms with Crippen molar-refractivity contribution < 1.29 is 18.0 Å².